The highest BCUT2D eigenvalue weighted by Crippen LogP contribution is 2.21. The molecule has 4 N–H and O–H groups in total. The standard InChI is InChI=1S/C14H24O9/c1-8(2)13(19)21-5-3-20-4-6-22-14-12(18)11(17)10(16)9(7-15)23-14/h9-12,14-18H,1,3-7H2,2H3/t9-,10+,11+,12-,14?/m1/s1. The van der Waals surface area contributed by atoms with E-state index in [9.17, 15) is 20.1 Å². The van der Waals surface area contributed by atoms with Gasteiger partial charge in [-0.1, -0.05) is 6.58 Å². The van der Waals surface area contributed by atoms with Crippen LogP contribution in [-0.2, 0) is 23.7 Å². The van der Waals surface area contributed by atoms with Crippen LogP contribution in [0.1, 0.15) is 6.92 Å². The molecule has 5 atom stereocenters. The van der Waals surface area contributed by atoms with Gasteiger partial charge in [0.2, 0.25) is 0 Å². The van der Waals surface area contributed by atoms with Gasteiger partial charge in [0, 0.05) is 5.57 Å². The largest absolute Gasteiger partial charge is 0.460 e. The highest BCUT2D eigenvalue weighted by Gasteiger charge is 2.43. The van der Waals surface area contributed by atoms with Crippen molar-refractivity contribution in [1.82, 2.24) is 0 Å². The Labute approximate surface area is 134 Å². The molecule has 1 fully saturated rings. The molecule has 1 aliphatic rings. The molecule has 0 aromatic heterocycles. The van der Waals surface area contributed by atoms with Crippen LogP contribution >= 0.6 is 0 Å². The summed E-state index contributed by atoms with van der Waals surface area (Å²) in [6.45, 7) is 4.87. The van der Waals surface area contributed by atoms with Crippen molar-refractivity contribution >= 4 is 5.97 Å². The molecule has 9 nitrogen and oxygen atoms in total. The third-order valence-corrected chi connectivity index (χ3v) is 3.17. The first-order chi connectivity index (χ1) is 10.9. The van der Waals surface area contributed by atoms with E-state index in [4.69, 9.17) is 24.1 Å². The first-order valence-electron chi connectivity index (χ1n) is 7.21. The second-order valence-electron chi connectivity index (χ2n) is 5.10. The summed E-state index contributed by atoms with van der Waals surface area (Å²) in [6.07, 6.45) is -6.54. The Morgan fingerprint density at radius 3 is 2.35 bits per heavy atom. The molecule has 9 heteroatoms. The Morgan fingerprint density at radius 1 is 1.09 bits per heavy atom. The number of esters is 1. The van der Waals surface area contributed by atoms with Gasteiger partial charge in [0.1, 0.15) is 31.0 Å². The maximum Gasteiger partial charge on any atom is 0.333 e. The van der Waals surface area contributed by atoms with Gasteiger partial charge in [-0.25, -0.2) is 4.79 Å². The zero-order chi connectivity index (χ0) is 17.4. The fourth-order valence-electron chi connectivity index (χ4n) is 1.85. The van der Waals surface area contributed by atoms with Crippen molar-refractivity contribution in [1.29, 1.82) is 0 Å². The van der Waals surface area contributed by atoms with Crippen LogP contribution in [0, 0.1) is 0 Å². The molecule has 1 heterocycles. The van der Waals surface area contributed by atoms with Crippen molar-refractivity contribution in [2.24, 2.45) is 0 Å². The van der Waals surface area contributed by atoms with E-state index in [1.165, 1.54) is 6.92 Å². The second-order valence-corrected chi connectivity index (χ2v) is 5.10. The minimum absolute atomic E-state index is 0.0388. The summed E-state index contributed by atoms with van der Waals surface area (Å²) in [4.78, 5) is 11.1. The zero-order valence-corrected chi connectivity index (χ0v) is 13.0. The molecule has 1 aliphatic heterocycles. The molecule has 134 valence electrons. The van der Waals surface area contributed by atoms with E-state index >= 15 is 0 Å². The predicted molar refractivity (Wildman–Crippen MR) is 76.3 cm³/mol. The molecule has 0 aromatic carbocycles. The SMILES string of the molecule is C=C(C)C(=O)OCCOCCOC1O[C@H](CO)[C@H](O)[C@H](O)[C@H]1O. The molecule has 1 unspecified atom stereocenters. The number of carbonyl (C=O) groups excluding carboxylic acids is 1. The Bertz CT molecular complexity index is 384. The Morgan fingerprint density at radius 2 is 1.74 bits per heavy atom. The average molecular weight is 336 g/mol. The lowest BCUT2D eigenvalue weighted by Crippen LogP contribution is -2.59. The van der Waals surface area contributed by atoms with Gasteiger partial charge in [-0.3, -0.25) is 0 Å². The fraction of sp³-hybridized carbons (Fsp3) is 0.786. The van der Waals surface area contributed by atoms with Gasteiger partial charge in [-0.15, -0.1) is 0 Å². The monoisotopic (exact) mass is 336 g/mol. The van der Waals surface area contributed by atoms with E-state index < -0.39 is 43.3 Å². The van der Waals surface area contributed by atoms with Crippen LogP contribution in [0.15, 0.2) is 12.2 Å². The van der Waals surface area contributed by atoms with Crippen LogP contribution in [0.3, 0.4) is 0 Å². The van der Waals surface area contributed by atoms with Gasteiger partial charge >= 0.3 is 5.97 Å². The fourth-order valence-corrected chi connectivity index (χ4v) is 1.85. The molecule has 0 aliphatic carbocycles. The lowest BCUT2D eigenvalue weighted by Gasteiger charge is -2.39. The van der Waals surface area contributed by atoms with E-state index in [0.29, 0.717) is 5.57 Å². The number of hydrogen-bond donors (Lipinski definition) is 4. The lowest BCUT2D eigenvalue weighted by molar-refractivity contribution is -0.302. The summed E-state index contributed by atoms with van der Waals surface area (Å²) in [5.74, 6) is -0.494. The van der Waals surface area contributed by atoms with Gasteiger partial charge in [0.25, 0.3) is 0 Å². The van der Waals surface area contributed by atoms with Gasteiger partial charge < -0.3 is 39.4 Å². The zero-order valence-electron chi connectivity index (χ0n) is 13.0. The van der Waals surface area contributed by atoms with Gasteiger partial charge in [-0.2, -0.15) is 0 Å². The molecule has 1 rings (SSSR count). The maximum atomic E-state index is 11.1. The minimum atomic E-state index is -1.48. The van der Waals surface area contributed by atoms with Gasteiger partial charge in [0.05, 0.1) is 26.4 Å². The minimum Gasteiger partial charge on any atom is -0.460 e. The summed E-state index contributed by atoms with van der Waals surface area (Å²) in [6, 6.07) is 0. The van der Waals surface area contributed by atoms with Crippen molar-refractivity contribution in [2.45, 2.75) is 37.6 Å². The number of aliphatic hydroxyl groups is 4. The van der Waals surface area contributed by atoms with Crippen LogP contribution < -0.4 is 0 Å². The maximum absolute atomic E-state index is 11.1. The first kappa shape index (κ1) is 20.0. The van der Waals surface area contributed by atoms with Gasteiger partial charge in [0.15, 0.2) is 6.29 Å². The number of rotatable bonds is 9. The molecule has 0 spiro atoms. The average Bonchev–Trinajstić information content (AvgIpc) is 2.53. The van der Waals surface area contributed by atoms with Crippen LogP contribution in [0.25, 0.3) is 0 Å². The summed E-state index contributed by atoms with van der Waals surface area (Å²) in [5.41, 5.74) is 0.302. The number of carbonyl (C=O) groups is 1. The normalized spacial score (nSPS) is 30.9. The van der Waals surface area contributed by atoms with E-state index in [-0.39, 0.29) is 26.4 Å². The topological polar surface area (TPSA) is 135 Å². The highest BCUT2D eigenvalue weighted by molar-refractivity contribution is 5.86. The molecular weight excluding hydrogens is 312 g/mol. The smallest absolute Gasteiger partial charge is 0.333 e. The summed E-state index contributed by atoms with van der Waals surface area (Å²) < 4.78 is 20.3. The number of ether oxygens (including phenoxy) is 4. The van der Waals surface area contributed by atoms with Crippen LogP contribution in [-0.4, -0.2) is 90.1 Å². The molecule has 0 saturated carbocycles. The van der Waals surface area contributed by atoms with Crippen molar-refractivity contribution in [3.63, 3.8) is 0 Å². The highest BCUT2D eigenvalue weighted by atomic mass is 16.7. The van der Waals surface area contributed by atoms with E-state index in [1.807, 2.05) is 0 Å². The van der Waals surface area contributed by atoms with E-state index in [2.05, 4.69) is 6.58 Å². The quantitative estimate of drug-likeness (QED) is 0.213. The van der Waals surface area contributed by atoms with Crippen LogP contribution in [0.4, 0.5) is 0 Å². The molecule has 1 saturated heterocycles. The predicted octanol–water partition coefficient (Wildman–Crippen LogP) is -2.06. The summed E-state index contributed by atoms with van der Waals surface area (Å²) in [7, 11) is 0. The van der Waals surface area contributed by atoms with Crippen molar-refractivity contribution in [2.75, 3.05) is 33.0 Å². The third kappa shape index (κ3) is 6.15. The number of aliphatic hydroxyl groups excluding tert-OH is 4. The van der Waals surface area contributed by atoms with E-state index in [1.54, 1.807) is 0 Å². The third-order valence-electron chi connectivity index (χ3n) is 3.17. The Kier molecular flexibility index (Phi) is 8.63. The molecular formula is C14H24O9. The molecule has 0 amide bonds. The first-order valence-corrected chi connectivity index (χ1v) is 7.21. The summed E-state index contributed by atoms with van der Waals surface area (Å²) >= 11 is 0. The van der Waals surface area contributed by atoms with Crippen LogP contribution in [0.2, 0.25) is 0 Å². The van der Waals surface area contributed by atoms with E-state index in [0.717, 1.165) is 0 Å². The number of hydrogen-bond acceptors (Lipinski definition) is 9. The van der Waals surface area contributed by atoms with Crippen molar-refractivity contribution in [3.05, 3.63) is 12.2 Å². The molecule has 0 aromatic rings. The lowest BCUT2D eigenvalue weighted by atomic mass is 9.99. The van der Waals surface area contributed by atoms with Gasteiger partial charge in [-0.05, 0) is 6.92 Å². The Balaban J connectivity index is 2.17. The Hall–Kier alpha value is -1.07. The molecule has 0 bridgehead atoms. The summed E-state index contributed by atoms with van der Waals surface area (Å²) in [5, 5.41) is 37.9. The molecule has 0 radical (unpaired) electrons. The van der Waals surface area contributed by atoms with Crippen molar-refractivity contribution in [3.8, 4) is 0 Å². The van der Waals surface area contributed by atoms with Crippen LogP contribution in [0.5, 0.6) is 0 Å². The second kappa shape index (κ2) is 9.93. The van der Waals surface area contributed by atoms with Crippen molar-refractivity contribution < 1.29 is 44.2 Å². The molecule has 23 heavy (non-hydrogen) atoms.